The molecule has 0 radical (unpaired) electrons. The summed E-state index contributed by atoms with van der Waals surface area (Å²) in [5, 5.41) is 15.2. The molecule has 5 heterocycles. The van der Waals surface area contributed by atoms with Gasteiger partial charge in [-0.1, -0.05) is 12.8 Å². The first-order valence-corrected chi connectivity index (χ1v) is 13.3. The highest BCUT2D eigenvalue weighted by molar-refractivity contribution is 7.21. The number of likely N-dealkylation sites (N-methyl/N-ethyl adjacent to an activating group) is 1. The lowest BCUT2D eigenvalue weighted by molar-refractivity contribution is 0.0400. The summed E-state index contributed by atoms with van der Waals surface area (Å²) in [6, 6.07) is 7.83. The zero-order valence-corrected chi connectivity index (χ0v) is 21.4. The van der Waals surface area contributed by atoms with E-state index in [1.54, 1.807) is 17.5 Å². The van der Waals surface area contributed by atoms with Crippen LogP contribution in [-0.2, 0) is 5.60 Å². The quantitative estimate of drug-likeness (QED) is 0.417. The second-order valence-corrected chi connectivity index (χ2v) is 10.9. The van der Waals surface area contributed by atoms with Crippen molar-refractivity contribution in [1.29, 1.82) is 0 Å². The molecule has 0 unspecified atom stereocenters. The average molecular weight is 503 g/mol. The van der Waals surface area contributed by atoms with Crippen molar-refractivity contribution < 1.29 is 5.11 Å². The second kappa shape index (κ2) is 9.34. The molecule has 0 spiro atoms. The predicted octanol–water partition coefficient (Wildman–Crippen LogP) is 4.11. The third-order valence-corrected chi connectivity index (χ3v) is 8.13. The Hall–Kier alpha value is -3.21. The molecule has 2 N–H and O–H groups in total. The standard InChI is InChI=1S/C26H30N8OS/c1-17-13-23(32-25(29-17)34-11-9-33(2)10-12-34)31-22-15-19-20(16-28-22)36-24(30-19)18-5-8-27-21(14-18)26(35)6-3-4-7-26/h5,8,13-16,35H,3-4,6-7,9-12H2,1-2H3,(H,28,29,31,32). The Bertz CT molecular complexity index is 1390. The van der Waals surface area contributed by atoms with Crippen LogP contribution in [0.25, 0.3) is 20.8 Å². The molecule has 4 aromatic rings. The zero-order chi connectivity index (χ0) is 24.7. The maximum atomic E-state index is 11.0. The Morgan fingerprint density at radius 3 is 2.58 bits per heavy atom. The summed E-state index contributed by atoms with van der Waals surface area (Å²) >= 11 is 1.59. The number of hydrogen-bond donors (Lipinski definition) is 2. The van der Waals surface area contributed by atoms with Crippen LogP contribution in [0.1, 0.15) is 37.1 Å². The van der Waals surface area contributed by atoms with E-state index in [0.717, 1.165) is 95.8 Å². The number of fused-ring (bicyclic) bond motifs is 1. The molecule has 36 heavy (non-hydrogen) atoms. The molecule has 9 nitrogen and oxygen atoms in total. The highest BCUT2D eigenvalue weighted by Gasteiger charge is 2.34. The van der Waals surface area contributed by atoms with Crippen LogP contribution in [0.15, 0.2) is 36.7 Å². The molecule has 2 fully saturated rings. The predicted molar refractivity (Wildman–Crippen MR) is 143 cm³/mol. The molecule has 1 aliphatic carbocycles. The average Bonchev–Trinajstić information content (AvgIpc) is 3.51. The van der Waals surface area contributed by atoms with Crippen LogP contribution in [0.3, 0.4) is 0 Å². The van der Waals surface area contributed by atoms with Gasteiger partial charge in [0.25, 0.3) is 0 Å². The van der Waals surface area contributed by atoms with E-state index in [1.165, 1.54) is 0 Å². The van der Waals surface area contributed by atoms with Crippen molar-refractivity contribution in [3.8, 4) is 10.6 Å². The number of nitrogens with one attached hydrogen (secondary N) is 1. The Morgan fingerprint density at radius 2 is 1.78 bits per heavy atom. The summed E-state index contributed by atoms with van der Waals surface area (Å²) in [6.07, 6.45) is 7.22. The van der Waals surface area contributed by atoms with Crippen LogP contribution in [-0.4, -0.2) is 68.2 Å². The normalized spacial score (nSPS) is 18.1. The number of aliphatic hydroxyl groups is 1. The summed E-state index contributed by atoms with van der Waals surface area (Å²) in [5.74, 6) is 2.17. The van der Waals surface area contributed by atoms with Crippen molar-refractivity contribution in [2.75, 3.05) is 43.4 Å². The molecule has 4 aromatic heterocycles. The summed E-state index contributed by atoms with van der Waals surface area (Å²) in [7, 11) is 2.14. The van der Waals surface area contributed by atoms with Gasteiger partial charge in [0.1, 0.15) is 22.2 Å². The van der Waals surface area contributed by atoms with Crippen LogP contribution in [0.2, 0.25) is 0 Å². The van der Waals surface area contributed by atoms with Gasteiger partial charge in [-0.05, 0) is 38.9 Å². The van der Waals surface area contributed by atoms with Gasteiger partial charge in [0.05, 0.1) is 15.9 Å². The highest BCUT2D eigenvalue weighted by Crippen LogP contribution is 2.39. The molecule has 1 aliphatic heterocycles. The molecule has 1 saturated carbocycles. The number of aromatic nitrogens is 5. The first kappa shape index (κ1) is 23.2. The lowest BCUT2D eigenvalue weighted by atomic mass is 9.96. The van der Waals surface area contributed by atoms with Gasteiger partial charge in [-0.25, -0.2) is 15.0 Å². The van der Waals surface area contributed by atoms with Crippen molar-refractivity contribution in [1.82, 2.24) is 29.8 Å². The van der Waals surface area contributed by atoms with Gasteiger partial charge in [0.2, 0.25) is 5.95 Å². The number of anilines is 3. The van der Waals surface area contributed by atoms with E-state index in [1.807, 2.05) is 37.4 Å². The first-order valence-electron chi connectivity index (χ1n) is 12.5. The molecule has 186 valence electrons. The number of rotatable bonds is 5. The van der Waals surface area contributed by atoms with E-state index in [-0.39, 0.29) is 0 Å². The van der Waals surface area contributed by atoms with Gasteiger partial charge < -0.3 is 20.2 Å². The van der Waals surface area contributed by atoms with Crippen molar-refractivity contribution in [3.63, 3.8) is 0 Å². The Morgan fingerprint density at radius 1 is 0.972 bits per heavy atom. The highest BCUT2D eigenvalue weighted by atomic mass is 32.1. The van der Waals surface area contributed by atoms with Crippen molar-refractivity contribution >= 4 is 39.1 Å². The van der Waals surface area contributed by atoms with Gasteiger partial charge in [0.15, 0.2) is 0 Å². The van der Waals surface area contributed by atoms with Crippen LogP contribution < -0.4 is 10.2 Å². The van der Waals surface area contributed by atoms with E-state index in [2.05, 4.69) is 37.1 Å². The van der Waals surface area contributed by atoms with Crippen molar-refractivity contribution in [2.24, 2.45) is 0 Å². The Balaban J connectivity index is 1.24. The van der Waals surface area contributed by atoms with Gasteiger partial charge in [-0.15, -0.1) is 11.3 Å². The topological polar surface area (TPSA) is 103 Å². The summed E-state index contributed by atoms with van der Waals surface area (Å²) in [6.45, 7) is 5.82. The van der Waals surface area contributed by atoms with Crippen LogP contribution in [0.4, 0.5) is 17.6 Å². The fourth-order valence-electron chi connectivity index (χ4n) is 4.96. The van der Waals surface area contributed by atoms with Gasteiger partial charge in [0, 0.05) is 62.0 Å². The molecular weight excluding hydrogens is 472 g/mol. The molecule has 1 saturated heterocycles. The van der Waals surface area contributed by atoms with E-state index in [4.69, 9.17) is 9.97 Å². The number of aryl methyl sites for hydroxylation is 1. The van der Waals surface area contributed by atoms with E-state index in [9.17, 15) is 5.11 Å². The van der Waals surface area contributed by atoms with Crippen molar-refractivity contribution in [2.45, 2.75) is 38.2 Å². The van der Waals surface area contributed by atoms with E-state index in [0.29, 0.717) is 5.82 Å². The van der Waals surface area contributed by atoms with Crippen molar-refractivity contribution in [3.05, 3.63) is 48.0 Å². The molecule has 0 amide bonds. The number of pyridine rings is 2. The zero-order valence-electron chi connectivity index (χ0n) is 20.6. The van der Waals surface area contributed by atoms with Crippen LogP contribution >= 0.6 is 11.3 Å². The molecule has 0 bridgehead atoms. The molecule has 0 aromatic carbocycles. The molecule has 2 aliphatic rings. The third kappa shape index (κ3) is 4.63. The third-order valence-electron chi connectivity index (χ3n) is 7.07. The number of hydrogen-bond acceptors (Lipinski definition) is 10. The smallest absolute Gasteiger partial charge is 0.227 e. The Kier molecular flexibility index (Phi) is 6.02. The van der Waals surface area contributed by atoms with Gasteiger partial charge >= 0.3 is 0 Å². The molecule has 10 heteroatoms. The molecular formula is C26H30N8OS. The molecule has 0 atom stereocenters. The SMILES string of the molecule is Cc1cc(Nc2cc3nc(-c4ccnc(C5(O)CCCC5)c4)sc3cn2)nc(N2CCN(C)CC2)n1. The first-order chi connectivity index (χ1) is 17.4. The summed E-state index contributed by atoms with van der Waals surface area (Å²) < 4.78 is 1.01. The largest absolute Gasteiger partial charge is 0.384 e. The minimum absolute atomic E-state index is 0.692. The van der Waals surface area contributed by atoms with Gasteiger partial charge in [-0.3, -0.25) is 4.98 Å². The summed E-state index contributed by atoms with van der Waals surface area (Å²) in [4.78, 5) is 27.9. The fourth-order valence-corrected chi connectivity index (χ4v) is 5.87. The van der Waals surface area contributed by atoms with E-state index >= 15 is 0 Å². The minimum Gasteiger partial charge on any atom is -0.384 e. The summed E-state index contributed by atoms with van der Waals surface area (Å²) in [5.41, 5.74) is 2.68. The maximum absolute atomic E-state index is 11.0. The van der Waals surface area contributed by atoms with Crippen LogP contribution in [0, 0.1) is 6.92 Å². The monoisotopic (exact) mass is 502 g/mol. The minimum atomic E-state index is -0.815. The lowest BCUT2D eigenvalue weighted by Crippen LogP contribution is -2.45. The lowest BCUT2D eigenvalue weighted by Gasteiger charge is -2.32. The Labute approximate surface area is 214 Å². The number of thiazole rings is 1. The number of nitrogens with zero attached hydrogens (tertiary/aromatic N) is 7. The molecule has 6 rings (SSSR count). The van der Waals surface area contributed by atoms with Gasteiger partial charge in [-0.2, -0.15) is 4.98 Å². The second-order valence-electron chi connectivity index (χ2n) is 9.83. The van der Waals surface area contributed by atoms with Crippen LogP contribution in [0.5, 0.6) is 0 Å². The number of piperazine rings is 1. The fraction of sp³-hybridized carbons (Fsp3) is 0.423. The van der Waals surface area contributed by atoms with E-state index < -0.39 is 5.60 Å². The maximum Gasteiger partial charge on any atom is 0.227 e.